The number of carbonyl (C=O) groups is 6. The van der Waals surface area contributed by atoms with Crippen LogP contribution in [0.25, 0.3) is 0 Å². The fourth-order valence-corrected chi connectivity index (χ4v) is 3.75. The summed E-state index contributed by atoms with van der Waals surface area (Å²) in [6, 6.07) is 3.97. The van der Waals surface area contributed by atoms with E-state index in [0.29, 0.717) is 0 Å². The fraction of sp³-hybridized carbons (Fsp3) is 0.455. The second-order valence-corrected chi connectivity index (χ2v) is 9.15. The van der Waals surface area contributed by atoms with Crippen LogP contribution in [-0.4, -0.2) is 88.0 Å². The van der Waals surface area contributed by atoms with Crippen LogP contribution in [0, 0.1) is 5.92 Å². The number of nitrogens with one attached hydrogen (secondary N) is 1. The van der Waals surface area contributed by atoms with Crippen LogP contribution in [-0.2, 0) is 49.2 Å². The maximum absolute atomic E-state index is 12.6. The summed E-state index contributed by atoms with van der Waals surface area (Å²) in [5.74, 6) is -9.13. The number of esters is 2. The number of hydrogen-bond acceptors (Lipinski definition) is 13. The lowest BCUT2D eigenvalue weighted by Gasteiger charge is -2.23. The number of carbonyl (C=O) groups excluding carboxylic acids is 4. The molecular weight excluding hydrogens is 561 g/mol. The van der Waals surface area contributed by atoms with E-state index in [2.05, 4.69) is 30.6 Å². The van der Waals surface area contributed by atoms with E-state index in [9.17, 15) is 44.1 Å². The molecule has 0 aliphatic carbocycles. The lowest BCUT2D eigenvalue weighted by Crippen LogP contribution is -2.50. The lowest BCUT2D eigenvalue weighted by atomic mass is 9.74. The smallest absolute Gasteiger partial charge is 0.507 e. The molecule has 1 unspecified atom stereocenters. The van der Waals surface area contributed by atoms with Gasteiger partial charge in [0.15, 0.2) is 5.60 Å². The van der Waals surface area contributed by atoms with Crippen molar-refractivity contribution in [2.45, 2.75) is 37.7 Å². The number of aliphatic carboxylic acids is 2. The van der Waals surface area contributed by atoms with Gasteiger partial charge in [-0.2, -0.15) is 25.3 Å². The molecule has 2 rings (SSSR count). The Morgan fingerprint density at radius 1 is 1.10 bits per heavy atom. The van der Waals surface area contributed by atoms with Gasteiger partial charge in [-0.3, -0.25) is 24.0 Å². The van der Waals surface area contributed by atoms with Crippen molar-refractivity contribution >= 4 is 68.1 Å². The van der Waals surface area contributed by atoms with Gasteiger partial charge >= 0.3 is 37.0 Å². The van der Waals surface area contributed by atoms with Gasteiger partial charge in [0.25, 0.3) is 0 Å². The van der Waals surface area contributed by atoms with Crippen molar-refractivity contribution in [3.8, 4) is 5.75 Å². The number of para-hydroxylation sites is 1. The molecule has 14 nitrogen and oxygen atoms in total. The molecule has 1 aliphatic rings. The van der Waals surface area contributed by atoms with Gasteiger partial charge in [0, 0.05) is 5.75 Å². The lowest BCUT2D eigenvalue weighted by molar-refractivity contribution is -0.157. The SMILES string of the molecule is CC(CS)C(=O)OCOC(=O)c1cccc(C[C@H](NC(=O)CS)B2OC(=O)C(CC(=O)O)(CC(=O)O)O2)c1O. The zero-order valence-electron chi connectivity index (χ0n) is 20.5. The minimum Gasteiger partial charge on any atom is -0.507 e. The van der Waals surface area contributed by atoms with Gasteiger partial charge in [0.2, 0.25) is 12.7 Å². The molecule has 0 aromatic heterocycles. The van der Waals surface area contributed by atoms with E-state index in [0.717, 1.165) is 0 Å². The highest BCUT2D eigenvalue weighted by Crippen LogP contribution is 2.33. The zero-order valence-corrected chi connectivity index (χ0v) is 22.3. The minimum absolute atomic E-state index is 0.0447. The molecule has 0 spiro atoms. The average Bonchev–Trinajstić information content (AvgIpc) is 3.17. The Morgan fingerprint density at radius 2 is 1.74 bits per heavy atom. The quantitative estimate of drug-likeness (QED) is 0.0725. The number of phenols is 1. The summed E-state index contributed by atoms with van der Waals surface area (Å²) < 4.78 is 20.3. The second-order valence-electron chi connectivity index (χ2n) is 8.47. The van der Waals surface area contributed by atoms with Crippen LogP contribution in [0.2, 0.25) is 0 Å². The van der Waals surface area contributed by atoms with E-state index in [4.69, 9.17) is 18.8 Å². The van der Waals surface area contributed by atoms with Gasteiger partial charge in [-0.1, -0.05) is 19.1 Å². The van der Waals surface area contributed by atoms with Gasteiger partial charge in [-0.15, -0.1) is 0 Å². The number of ether oxygens (including phenoxy) is 2. The topological polar surface area (TPSA) is 212 Å². The third-order valence-electron chi connectivity index (χ3n) is 5.48. The van der Waals surface area contributed by atoms with E-state index in [-0.39, 0.29) is 29.1 Å². The molecule has 1 aliphatic heterocycles. The zero-order chi connectivity index (χ0) is 29.3. The molecule has 2 atom stereocenters. The normalized spacial score (nSPS) is 15.6. The van der Waals surface area contributed by atoms with Crippen LogP contribution >= 0.6 is 25.3 Å². The van der Waals surface area contributed by atoms with Crippen LogP contribution < -0.4 is 5.32 Å². The van der Waals surface area contributed by atoms with E-state index in [1.807, 2.05) is 0 Å². The monoisotopic (exact) mass is 587 g/mol. The Hall–Kier alpha value is -3.44. The predicted molar refractivity (Wildman–Crippen MR) is 137 cm³/mol. The van der Waals surface area contributed by atoms with E-state index < -0.39 is 85.7 Å². The van der Waals surface area contributed by atoms with Crippen LogP contribution in [0.3, 0.4) is 0 Å². The highest BCUT2D eigenvalue weighted by Gasteiger charge is 2.58. The number of carboxylic acids is 2. The summed E-state index contributed by atoms with van der Waals surface area (Å²) >= 11 is 7.83. The maximum atomic E-state index is 12.6. The number of carboxylic acid groups (broad SMARTS) is 2. The second kappa shape index (κ2) is 14.1. The van der Waals surface area contributed by atoms with Crippen molar-refractivity contribution in [1.29, 1.82) is 0 Å². The highest BCUT2D eigenvalue weighted by molar-refractivity contribution is 7.81. The first-order chi connectivity index (χ1) is 18.3. The van der Waals surface area contributed by atoms with Crippen LogP contribution in [0.15, 0.2) is 18.2 Å². The van der Waals surface area contributed by atoms with Crippen molar-refractivity contribution in [3.05, 3.63) is 29.3 Å². The molecule has 39 heavy (non-hydrogen) atoms. The summed E-state index contributed by atoms with van der Waals surface area (Å²) in [5, 5.41) is 31.6. The third kappa shape index (κ3) is 8.53. The van der Waals surface area contributed by atoms with Crippen molar-refractivity contribution < 1.29 is 62.9 Å². The van der Waals surface area contributed by atoms with Crippen molar-refractivity contribution in [2.24, 2.45) is 5.92 Å². The van der Waals surface area contributed by atoms with Crippen molar-refractivity contribution in [3.63, 3.8) is 0 Å². The molecular formula is C22H26BNO13S2. The van der Waals surface area contributed by atoms with Crippen LogP contribution in [0.1, 0.15) is 35.7 Å². The molecule has 17 heteroatoms. The number of benzene rings is 1. The third-order valence-corrected chi connectivity index (χ3v) is 6.31. The first-order valence-electron chi connectivity index (χ1n) is 11.3. The average molecular weight is 587 g/mol. The Labute approximate surface area is 233 Å². The van der Waals surface area contributed by atoms with Crippen LogP contribution in [0.4, 0.5) is 0 Å². The first-order valence-corrected chi connectivity index (χ1v) is 12.6. The number of amides is 1. The summed E-state index contributed by atoms with van der Waals surface area (Å²) in [6.07, 6.45) is -2.37. The summed E-state index contributed by atoms with van der Waals surface area (Å²) in [6.45, 7) is 0.843. The molecule has 1 aromatic rings. The van der Waals surface area contributed by atoms with Gasteiger partial charge < -0.3 is 39.4 Å². The molecule has 1 aromatic carbocycles. The molecule has 1 heterocycles. The largest absolute Gasteiger partial charge is 0.552 e. The molecule has 1 amide bonds. The Kier molecular flexibility index (Phi) is 11.5. The molecule has 0 radical (unpaired) electrons. The van der Waals surface area contributed by atoms with Gasteiger partial charge in [-0.25, -0.2) is 4.79 Å². The molecule has 0 bridgehead atoms. The number of thiol groups is 2. The molecule has 0 saturated carbocycles. The molecule has 1 fully saturated rings. The summed E-state index contributed by atoms with van der Waals surface area (Å²) in [7, 11) is -1.65. The summed E-state index contributed by atoms with van der Waals surface area (Å²) in [5.41, 5.74) is -2.63. The Morgan fingerprint density at radius 3 is 2.31 bits per heavy atom. The number of rotatable bonds is 14. The standard InChI is InChI=1S/C22H26BNO13S2/c1-11(8-38)19(31)34-10-35-20(32)13-4-2-3-12(18(13)30)5-14(24-15(25)9-39)23-36-21(33)22(37-23,6-16(26)27)7-17(28)29/h2-4,11,14,30,38-39H,5-10H2,1H3,(H,24,25)(H,26,27)(H,28,29)/t11?,14-/m0/s1. The first kappa shape index (κ1) is 31.8. The Bertz CT molecular complexity index is 1120. The number of aromatic hydroxyl groups is 1. The minimum atomic E-state index is -2.36. The fourth-order valence-electron chi connectivity index (χ4n) is 3.51. The van der Waals surface area contributed by atoms with E-state index in [1.165, 1.54) is 18.2 Å². The maximum Gasteiger partial charge on any atom is 0.552 e. The molecule has 4 N–H and O–H groups in total. The number of phenolic OH excluding ortho intramolecular Hbond substituents is 1. The van der Waals surface area contributed by atoms with E-state index in [1.54, 1.807) is 6.92 Å². The van der Waals surface area contributed by atoms with Crippen LogP contribution in [0.5, 0.6) is 5.75 Å². The summed E-state index contributed by atoms with van der Waals surface area (Å²) in [4.78, 5) is 71.5. The molecule has 212 valence electrons. The van der Waals surface area contributed by atoms with E-state index >= 15 is 0 Å². The van der Waals surface area contributed by atoms with Gasteiger partial charge in [-0.05, 0) is 18.1 Å². The molecule has 1 saturated heterocycles. The predicted octanol–water partition coefficient (Wildman–Crippen LogP) is -0.138. The Balaban J connectivity index is 2.26. The van der Waals surface area contributed by atoms with Gasteiger partial charge in [0.05, 0.1) is 30.5 Å². The number of hydrogen-bond donors (Lipinski definition) is 6. The highest BCUT2D eigenvalue weighted by atomic mass is 32.1. The van der Waals surface area contributed by atoms with Gasteiger partial charge in [0.1, 0.15) is 11.3 Å². The van der Waals surface area contributed by atoms with Crippen molar-refractivity contribution in [2.75, 3.05) is 18.3 Å². The van der Waals surface area contributed by atoms with Crippen molar-refractivity contribution in [1.82, 2.24) is 5.32 Å².